The molecule has 1 rings (SSSR count). The molecule has 2 heteroatoms. The summed E-state index contributed by atoms with van der Waals surface area (Å²) in [5.41, 5.74) is 1.42. The summed E-state index contributed by atoms with van der Waals surface area (Å²) in [4.78, 5) is 0. The third-order valence-electron chi connectivity index (χ3n) is 1.60. The zero-order valence-corrected chi connectivity index (χ0v) is 7.07. The van der Waals surface area contributed by atoms with Gasteiger partial charge in [-0.2, -0.15) is 10.5 Å². The van der Waals surface area contributed by atoms with Crippen molar-refractivity contribution < 1.29 is 0 Å². The minimum absolute atomic E-state index is 0.276. The second-order valence-corrected chi connectivity index (χ2v) is 2.46. The lowest BCUT2D eigenvalue weighted by Crippen LogP contribution is -1.79. The lowest BCUT2D eigenvalue weighted by molar-refractivity contribution is 1.35. The fraction of sp³-hybridized carbons (Fsp3) is 0.0909. The predicted octanol–water partition coefficient (Wildman–Crippen LogP) is 2.51. The molecule has 0 N–H and O–H groups in total. The predicted molar refractivity (Wildman–Crippen MR) is 50.3 cm³/mol. The van der Waals surface area contributed by atoms with E-state index in [-0.39, 0.29) is 6.42 Å². The van der Waals surface area contributed by atoms with Crippen LogP contribution in [0.4, 0.5) is 0 Å². The molecule has 0 heterocycles. The zero-order chi connectivity index (χ0) is 9.52. The van der Waals surface area contributed by atoms with Gasteiger partial charge in [-0.25, -0.2) is 0 Å². The largest absolute Gasteiger partial charge is 0.198 e. The van der Waals surface area contributed by atoms with Crippen LogP contribution in [0.15, 0.2) is 36.4 Å². The molecule has 13 heavy (non-hydrogen) atoms. The Labute approximate surface area is 77.4 Å². The lowest BCUT2D eigenvalue weighted by Gasteiger charge is -1.95. The lowest BCUT2D eigenvalue weighted by atomic mass is 10.1. The summed E-state index contributed by atoms with van der Waals surface area (Å²) in [6.07, 6.45) is 1.91. The van der Waals surface area contributed by atoms with E-state index in [0.29, 0.717) is 5.57 Å². The van der Waals surface area contributed by atoms with Gasteiger partial charge in [0.15, 0.2) is 0 Å². The highest BCUT2D eigenvalue weighted by Gasteiger charge is 1.96. The first kappa shape index (κ1) is 9.03. The fourth-order valence-electron chi connectivity index (χ4n) is 0.993. The molecule has 0 atom stereocenters. The smallest absolute Gasteiger partial charge is 0.0994 e. The Balaban J connectivity index is 2.95. The van der Waals surface area contributed by atoms with Crippen molar-refractivity contribution in [3.8, 4) is 12.1 Å². The van der Waals surface area contributed by atoms with Gasteiger partial charge in [0.05, 0.1) is 24.1 Å². The van der Waals surface area contributed by atoms with Gasteiger partial charge >= 0.3 is 0 Å². The summed E-state index contributed by atoms with van der Waals surface area (Å²) in [7, 11) is 0. The molecule has 0 saturated carbocycles. The summed E-state index contributed by atoms with van der Waals surface area (Å²) < 4.78 is 0. The first-order valence-corrected chi connectivity index (χ1v) is 3.91. The third-order valence-corrected chi connectivity index (χ3v) is 1.60. The molecule has 0 radical (unpaired) electrons. The van der Waals surface area contributed by atoms with Gasteiger partial charge in [0.25, 0.3) is 0 Å². The molecule has 0 aliphatic heterocycles. The maximum atomic E-state index is 8.78. The Hall–Kier alpha value is -2.06. The van der Waals surface area contributed by atoms with Crippen LogP contribution in [-0.2, 0) is 0 Å². The van der Waals surface area contributed by atoms with Crippen LogP contribution >= 0.6 is 0 Å². The Kier molecular flexibility index (Phi) is 3.30. The number of allylic oxidation sites excluding steroid dienone is 2. The standard InChI is InChI=1S/C11H8N2/c12-8-4-7-11(9-13)10-5-2-1-3-6-10/h1-3,5-7H,4H2/b11-7+. The normalized spacial score (nSPS) is 10.2. The van der Waals surface area contributed by atoms with Gasteiger partial charge in [-0.1, -0.05) is 36.4 Å². The van der Waals surface area contributed by atoms with Crippen LogP contribution in [0.2, 0.25) is 0 Å². The van der Waals surface area contributed by atoms with Crippen molar-refractivity contribution >= 4 is 5.57 Å². The number of hydrogen-bond donors (Lipinski definition) is 0. The van der Waals surface area contributed by atoms with Crippen LogP contribution in [0.5, 0.6) is 0 Å². The molecule has 1 aromatic rings. The molecule has 0 spiro atoms. The minimum atomic E-state index is 0.276. The van der Waals surface area contributed by atoms with Crippen LogP contribution in [0.3, 0.4) is 0 Å². The van der Waals surface area contributed by atoms with Crippen molar-refractivity contribution in [2.24, 2.45) is 0 Å². The van der Waals surface area contributed by atoms with E-state index in [1.165, 1.54) is 0 Å². The highest BCUT2D eigenvalue weighted by Crippen LogP contribution is 2.12. The van der Waals surface area contributed by atoms with Crippen molar-refractivity contribution in [2.45, 2.75) is 6.42 Å². The Bertz CT molecular complexity index is 377. The number of rotatable bonds is 2. The van der Waals surface area contributed by atoms with Gasteiger partial charge < -0.3 is 0 Å². The minimum Gasteiger partial charge on any atom is -0.198 e. The molecule has 0 amide bonds. The van der Waals surface area contributed by atoms with Gasteiger partial charge in [-0.05, 0) is 5.56 Å². The molecule has 0 aliphatic rings. The Morgan fingerprint density at radius 3 is 2.46 bits per heavy atom. The van der Waals surface area contributed by atoms with Gasteiger partial charge in [-0.15, -0.1) is 0 Å². The molecule has 62 valence electrons. The number of nitrogens with zero attached hydrogens (tertiary/aromatic N) is 2. The molecular formula is C11H8N2. The van der Waals surface area contributed by atoms with E-state index >= 15 is 0 Å². The monoisotopic (exact) mass is 168 g/mol. The van der Waals surface area contributed by atoms with E-state index in [9.17, 15) is 0 Å². The van der Waals surface area contributed by atoms with Crippen molar-refractivity contribution in [3.63, 3.8) is 0 Å². The van der Waals surface area contributed by atoms with Crippen molar-refractivity contribution in [1.82, 2.24) is 0 Å². The topological polar surface area (TPSA) is 47.6 Å². The van der Waals surface area contributed by atoms with E-state index in [1.54, 1.807) is 6.08 Å². The van der Waals surface area contributed by atoms with Crippen LogP contribution in [0, 0.1) is 22.7 Å². The average Bonchev–Trinajstić information content (AvgIpc) is 2.21. The maximum Gasteiger partial charge on any atom is 0.0994 e. The highest BCUT2D eigenvalue weighted by molar-refractivity contribution is 5.76. The van der Waals surface area contributed by atoms with Crippen molar-refractivity contribution in [3.05, 3.63) is 42.0 Å². The number of benzene rings is 1. The van der Waals surface area contributed by atoms with Gasteiger partial charge in [0.1, 0.15) is 0 Å². The molecule has 0 aliphatic carbocycles. The average molecular weight is 168 g/mol. The van der Waals surface area contributed by atoms with E-state index in [1.807, 2.05) is 36.4 Å². The summed E-state index contributed by atoms with van der Waals surface area (Å²) in [6.45, 7) is 0. The summed E-state index contributed by atoms with van der Waals surface area (Å²) in [5.74, 6) is 0. The molecule has 0 aromatic heterocycles. The maximum absolute atomic E-state index is 8.78. The van der Waals surface area contributed by atoms with E-state index in [0.717, 1.165) is 5.56 Å². The summed E-state index contributed by atoms with van der Waals surface area (Å²) >= 11 is 0. The first-order valence-electron chi connectivity index (χ1n) is 3.91. The zero-order valence-electron chi connectivity index (χ0n) is 7.07. The van der Waals surface area contributed by atoms with Crippen LogP contribution in [-0.4, -0.2) is 0 Å². The second-order valence-electron chi connectivity index (χ2n) is 2.46. The molecule has 0 unspecified atom stereocenters. The van der Waals surface area contributed by atoms with Crippen molar-refractivity contribution in [2.75, 3.05) is 0 Å². The third kappa shape index (κ3) is 2.47. The molecule has 0 saturated heterocycles. The quantitative estimate of drug-likeness (QED) is 0.637. The Morgan fingerprint density at radius 2 is 1.92 bits per heavy atom. The molecular weight excluding hydrogens is 160 g/mol. The van der Waals surface area contributed by atoms with E-state index < -0.39 is 0 Å². The number of nitriles is 2. The van der Waals surface area contributed by atoms with Crippen LogP contribution in [0.1, 0.15) is 12.0 Å². The summed E-state index contributed by atoms with van der Waals surface area (Å²) in [6, 6.07) is 13.4. The SMILES string of the molecule is N#CC/C=C(\C#N)c1ccccc1. The molecule has 1 aromatic carbocycles. The van der Waals surface area contributed by atoms with Crippen molar-refractivity contribution in [1.29, 1.82) is 10.5 Å². The highest BCUT2D eigenvalue weighted by atomic mass is 14.3. The molecule has 0 fully saturated rings. The molecule has 2 nitrogen and oxygen atoms in total. The first-order chi connectivity index (χ1) is 6.38. The Morgan fingerprint density at radius 1 is 1.23 bits per heavy atom. The van der Waals surface area contributed by atoms with E-state index in [2.05, 4.69) is 6.07 Å². The number of hydrogen-bond acceptors (Lipinski definition) is 2. The van der Waals surface area contributed by atoms with E-state index in [4.69, 9.17) is 10.5 Å². The van der Waals surface area contributed by atoms with Crippen LogP contribution < -0.4 is 0 Å². The van der Waals surface area contributed by atoms with Gasteiger partial charge in [-0.3, -0.25) is 0 Å². The summed E-state index contributed by atoms with van der Waals surface area (Å²) in [5, 5.41) is 17.1. The van der Waals surface area contributed by atoms with Crippen LogP contribution in [0.25, 0.3) is 5.57 Å². The fourth-order valence-corrected chi connectivity index (χ4v) is 0.993. The molecule has 0 bridgehead atoms. The second kappa shape index (κ2) is 4.74. The van der Waals surface area contributed by atoms with Gasteiger partial charge in [0, 0.05) is 0 Å². The van der Waals surface area contributed by atoms with Gasteiger partial charge in [0.2, 0.25) is 0 Å².